The van der Waals surface area contributed by atoms with Gasteiger partial charge in [0.1, 0.15) is 16.6 Å². The SMILES string of the molecule is CC(C)Oc1ccc(C(=S)Nc2ccccc2F)nc1. The van der Waals surface area contributed by atoms with Crippen molar-refractivity contribution < 1.29 is 9.13 Å². The molecule has 2 rings (SSSR count). The smallest absolute Gasteiger partial charge is 0.146 e. The van der Waals surface area contributed by atoms with Crippen LogP contribution in [-0.2, 0) is 0 Å². The molecule has 0 fully saturated rings. The van der Waals surface area contributed by atoms with Crippen LogP contribution < -0.4 is 10.1 Å². The predicted molar refractivity (Wildman–Crippen MR) is 81.7 cm³/mol. The van der Waals surface area contributed by atoms with E-state index in [1.165, 1.54) is 6.07 Å². The van der Waals surface area contributed by atoms with E-state index in [9.17, 15) is 4.39 Å². The maximum absolute atomic E-state index is 13.5. The van der Waals surface area contributed by atoms with Crippen molar-refractivity contribution in [3.05, 3.63) is 54.1 Å². The molecule has 1 heterocycles. The van der Waals surface area contributed by atoms with Gasteiger partial charge in [-0.2, -0.15) is 0 Å². The van der Waals surface area contributed by atoms with Gasteiger partial charge in [-0.15, -0.1) is 0 Å². The first-order chi connectivity index (χ1) is 9.56. The average Bonchev–Trinajstić information content (AvgIpc) is 2.41. The summed E-state index contributed by atoms with van der Waals surface area (Å²) in [5.41, 5.74) is 0.904. The number of hydrogen-bond donors (Lipinski definition) is 1. The van der Waals surface area contributed by atoms with Gasteiger partial charge in [0, 0.05) is 0 Å². The minimum Gasteiger partial charge on any atom is -0.489 e. The van der Waals surface area contributed by atoms with Gasteiger partial charge in [0.05, 0.1) is 23.7 Å². The minimum absolute atomic E-state index is 0.0890. The number of nitrogens with one attached hydrogen (secondary N) is 1. The van der Waals surface area contributed by atoms with Crippen molar-refractivity contribution >= 4 is 22.9 Å². The summed E-state index contributed by atoms with van der Waals surface area (Å²) in [7, 11) is 0. The van der Waals surface area contributed by atoms with Gasteiger partial charge in [0.25, 0.3) is 0 Å². The fraction of sp³-hybridized carbons (Fsp3) is 0.200. The Hall–Kier alpha value is -2.01. The number of nitrogens with zero attached hydrogens (tertiary/aromatic N) is 1. The normalized spacial score (nSPS) is 10.4. The van der Waals surface area contributed by atoms with E-state index in [1.807, 2.05) is 13.8 Å². The van der Waals surface area contributed by atoms with Crippen LogP contribution in [-0.4, -0.2) is 16.1 Å². The molecule has 0 bridgehead atoms. The number of aromatic nitrogens is 1. The van der Waals surface area contributed by atoms with E-state index in [2.05, 4.69) is 10.3 Å². The van der Waals surface area contributed by atoms with Crippen molar-refractivity contribution in [3.8, 4) is 5.75 Å². The number of pyridine rings is 1. The summed E-state index contributed by atoms with van der Waals surface area (Å²) < 4.78 is 19.0. The molecule has 0 aliphatic rings. The Bertz CT molecular complexity index is 599. The number of anilines is 1. The third-order valence-electron chi connectivity index (χ3n) is 2.46. The maximum Gasteiger partial charge on any atom is 0.146 e. The van der Waals surface area contributed by atoms with E-state index >= 15 is 0 Å². The van der Waals surface area contributed by atoms with E-state index in [0.29, 0.717) is 22.1 Å². The van der Waals surface area contributed by atoms with E-state index in [1.54, 1.807) is 36.5 Å². The Balaban J connectivity index is 2.08. The van der Waals surface area contributed by atoms with E-state index in [4.69, 9.17) is 17.0 Å². The summed E-state index contributed by atoms with van der Waals surface area (Å²) in [6.07, 6.45) is 1.69. The molecule has 0 saturated heterocycles. The van der Waals surface area contributed by atoms with Crippen molar-refractivity contribution in [2.45, 2.75) is 20.0 Å². The molecule has 0 aliphatic carbocycles. The number of benzene rings is 1. The summed E-state index contributed by atoms with van der Waals surface area (Å²) in [6, 6.07) is 9.89. The van der Waals surface area contributed by atoms with Crippen molar-refractivity contribution in [3.63, 3.8) is 0 Å². The summed E-state index contributed by atoms with van der Waals surface area (Å²) >= 11 is 5.21. The molecule has 0 radical (unpaired) electrons. The van der Waals surface area contributed by atoms with Gasteiger partial charge in [0.2, 0.25) is 0 Å². The molecule has 5 heteroatoms. The molecule has 0 saturated carbocycles. The first kappa shape index (κ1) is 14.4. The lowest BCUT2D eigenvalue weighted by Crippen LogP contribution is -2.13. The highest BCUT2D eigenvalue weighted by Gasteiger charge is 2.07. The number of ether oxygens (including phenoxy) is 1. The third kappa shape index (κ3) is 3.74. The molecular weight excluding hydrogens is 275 g/mol. The Morgan fingerprint density at radius 3 is 2.60 bits per heavy atom. The Morgan fingerprint density at radius 2 is 2.00 bits per heavy atom. The van der Waals surface area contributed by atoms with Crippen LogP contribution in [0.5, 0.6) is 5.75 Å². The van der Waals surface area contributed by atoms with Crippen LogP contribution in [0.4, 0.5) is 10.1 Å². The fourth-order valence-electron chi connectivity index (χ4n) is 1.61. The number of para-hydroxylation sites is 1. The minimum atomic E-state index is -0.352. The first-order valence-corrected chi connectivity index (χ1v) is 6.65. The van der Waals surface area contributed by atoms with Gasteiger partial charge in [0.15, 0.2) is 0 Å². The van der Waals surface area contributed by atoms with Crippen molar-refractivity contribution in [1.29, 1.82) is 0 Å². The molecule has 1 N–H and O–H groups in total. The van der Waals surface area contributed by atoms with Crippen LogP contribution in [0.15, 0.2) is 42.6 Å². The third-order valence-corrected chi connectivity index (χ3v) is 2.77. The lowest BCUT2D eigenvalue weighted by atomic mass is 10.3. The van der Waals surface area contributed by atoms with Crippen LogP contribution in [0.2, 0.25) is 0 Å². The predicted octanol–water partition coefficient (Wildman–Crippen LogP) is 3.80. The number of halogens is 1. The Morgan fingerprint density at radius 1 is 1.25 bits per heavy atom. The van der Waals surface area contributed by atoms with Gasteiger partial charge < -0.3 is 10.1 Å². The molecule has 1 aromatic heterocycles. The topological polar surface area (TPSA) is 34.1 Å². The Kier molecular flexibility index (Phi) is 4.63. The molecule has 0 atom stereocenters. The summed E-state index contributed by atoms with van der Waals surface area (Å²) in [5.74, 6) is 0.326. The Labute approximate surface area is 122 Å². The molecule has 1 aromatic carbocycles. The second-order valence-corrected chi connectivity index (χ2v) is 4.89. The highest BCUT2D eigenvalue weighted by Crippen LogP contribution is 2.15. The number of thiocarbonyl (C=S) groups is 1. The van der Waals surface area contributed by atoms with Crippen LogP contribution in [0.3, 0.4) is 0 Å². The lowest BCUT2D eigenvalue weighted by molar-refractivity contribution is 0.241. The number of hydrogen-bond acceptors (Lipinski definition) is 3. The van der Waals surface area contributed by atoms with Gasteiger partial charge in [-0.3, -0.25) is 0 Å². The van der Waals surface area contributed by atoms with Gasteiger partial charge >= 0.3 is 0 Å². The second kappa shape index (κ2) is 6.43. The monoisotopic (exact) mass is 290 g/mol. The van der Waals surface area contributed by atoms with Crippen LogP contribution in [0.25, 0.3) is 0 Å². The summed E-state index contributed by atoms with van der Waals surface area (Å²) in [4.78, 5) is 4.57. The molecule has 0 aliphatic heterocycles. The van der Waals surface area contributed by atoms with Crippen molar-refractivity contribution in [1.82, 2.24) is 4.98 Å². The zero-order valence-corrected chi connectivity index (χ0v) is 12.1. The lowest BCUT2D eigenvalue weighted by Gasteiger charge is -2.11. The highest BCUT2D eigenvalue weighted by molar-refractivity contribution is 7.81. The standard InChI is InChI=1S/C15H15FN2OS/c1-10(2)19-11-7-8-14(17-9-11)15(20)18-13-6-4-3-5-12(13)16/h3-10H,1-2H3,(H,18,20). The fourth-order valence-corrected chi connectivity index (χ4v) is 1.84. The van der Waals surface area contributed by atoms with Crippen LogP contribution in [0, 0.1) is 5.82 Å². The molecule has 2 aromatic rings. The summed E-state index contributed by atoms with van der Waals surface area (Å²) in [5, 5.41) is 2.84. The first-order valence-electron chi connectivity index (χ1n) is 6.25. The van der Waals surface area contributed by atoms with Gasteiger partial charge in [-0.05, 0) is 38.1 Å². The molecule has 3 nitrogen and oxygen atoms in total. The quantitative estimate of drug-likeness (QED) is 0.869. The van der Waals surface area contributed by atoms with Crippen molar-refractivity contribution in [2.24, 2.45) is 0 Å². The highest BCUT2D eigenvalue weighted by atomic mass is 32.1. The number of rotatable bonds is 4. The zero-order chi connectivity index (χ0) is 14.5. The molecule has 20 heavy (non-hydrogen) atoms. The molecule has 0 amide bonds. The largest absolute Gasteiger partial charge is 0.489 e. The van der Waals surface area contributed by atoms with Gasteiger partial charge in [-0.25, -0.2) is 9.37 Å². The molecule has 0 spiro atoms. The van der Waals surface area contributed by atoms with Crippen LogP contribution in [0.1, 0.15) is 19.5 Å². The van der Waals surface area contributed by atoms with E-state index in [-0.39, 0.29) is 11.9 Å². The van der Waals surface area contributed by atoms with Crippen molar-refractivity contribution in [2.75, 3.05) is 5.32 Å². The van der Waals surface area contributed by atoms with Crippen LogP contribution >= 0.6 is 12.2 Å². The zero-order valence-electron chi connectivity index (χ0n) is 11.3. The van der Waals surface area contributed by atoms with E-state index < -0.39 is 0 Å². The van der Waals surface area contributed by atoms with Gasteiger partial charge in [-0.1, -0.05) is 24.4 Å². The average molecular weight is 290 g/mol. The molecule has 104 valence electrons. The molecular formula is C15H15FN2OS. The maximum atomic E-state index is 13.5. The van der Waals surface area contributed by atoms with E-state index in [0.717, 1.165) is 0 Å². The second-order valence-electron chi connectivity index (χ2n) is 4.48. The summed E-state index contributed by atoms with van der Waals surface area (Å²) in [6.45, 7) is 3.89. The molecule has 0 unspecified atom stereocenters.